The number of nitrogens with one attached hydrogen (secondary N) is 1. The monoisotopic (exact) mass is 365 g/mol. The van der Waals surface area contributed by atoms with Crippen LogP contribution in [0.5, 0.6) is 0 Å². The summed E-state index contributed by atoms with van der Waals surface area (Å²) in [6.45, 7) is 0.299. The van der Waals surface area contributed by atoms with Gasteiger partial charge in [-0.1, -0.05) is 46.8 Å². The normalized spacial score (nSPS) is 10.0. The second-order valence-corrected chi connectivity index (χ2v) is 5.90. The molecule has 0 radical (unpaired) electrons. The van der Waals surface area contributed by atoms with E-state index in [2.05, 4.69) is 27.3 Å². The number of benzene rings is 2. The Kier molecular flexibility index (Phi) is 6.02. The summed E-state index contributed by atoms with van der Waals surface area (Å²) >= 11 is 5.86. The van der Waals surface area contributed by atoms with Gasteiger partial charge >= 0.3 is 0 Å². The van der Waals surface area contributed by atoms with Gasteiger partial charge in [0, 0.05) is 29.0 Å². The van der Waals surface area contributed by atoms with Crippen LogP contribution in [0.2, 0.25) is 5.02 Å². The zero-order valence-corrected chi connectivity index (χ0v) is 14.7. The number of aromatic nitrogens is 2. The van der Waals surface area contributed by atoms with Crippen molar-refractivity contribution in [3.8, 4) is 23.2 Å². The van der Waals surface area contributed by atoms with Crippen molar-refractivity contribution in [1.29, 1.82) is 0 Å². The van der Waals surface area contributed by atoms with Crippen LogP contribution in [0.4, 0.5) is 0 Å². The van der Waals surface area contributed by atoms with Gasteiger partial charge in [-0.2, -0.15) is 4.98 Å². The number of hydrogen-bond donors (Lipinski definition) is 1. The molecule has 0 spiro atoms. The molecule has 0 saturated carbocycles. The molecule has 26 heavy (non-hydrogen) atoms. The van der Waals surface area contributed by atoms with E-state index in [9.17, 15) is 4.79 Å². The van der Waals surface area contributed by atoms with Gasteiger partial charge < -0.3 is 9.84 Å². The number of halogens is 1. The summed E-state index contributed by atoms with van der Waals surface area (Å²) in [5.41, 5.74) is 1.73. The average Bonchev–Trinajstić information content (AvgIpc) is 3.14. The van der Waals surface area contributed by atoms with E-state index in [0.29, 0.717) is 29.7 Å². The molecule has 0 unspecified atom stereocenters. The van der Waals surface area contributed by atoms with Gasteiger partial charge in [0.05, 0.1) is 6.54 Å². The number of hydrogen-bond acceptors (Lipinski definition) is 4. The number of amides is 1. The summed E-state index contributed by atoms with van der Waals surface area (Å²) in [6.07, 6.45) is 0.633. The maximum atomic E-state index is 11.9. The summed E-state index contributed by atoms with van der Waals surface area (Å²) in [6, 6.07) is 16.8. The second-order valence-electron chi connectivity index (χ2n) is 5.46. The summed E-state index contributed by atoms with van der Waals surface area (Å²) in [4.78, 5) is 16.1. The lowest BCUT2D eigenvalue weighted by Crippen LogP contribution is -2.23. The molecule has 3 aromatic rings. The Hall–Kier alpha value is -3.10. The van der Waals surface area contributed by atoms with Crippen LogP contribution >= 0.6 is 11.6 Å². The first-order chi connectivity index (χ1) is 12.7. The third kappa shape index (κ3) is 5.20. The van der Waals surface area contributed by atoms with Crippen LogP contribution < -0.4 is 5.32 Å². The van der Waals surface area contributed by atoms with Crippen molar-refractivity contribution in [1.82, 2.24) is 15.5 Å². The highest BCUT2D eigenvalue weighted by Gasteiger charge is 2.10. The molecule has 0 aliphatic heterocycles. The SMILES string of the molecule is O=C(CCc1nc(-c2ccc(Cl)cc2)no1)NCC#Cc1ccccc1. The molecule has 0 bridgehead atoms. The number of rotatable bonds is 5. The average molecular weight is 366 g/mol. The minimum Gasteiger partial charge on any atom is -0.345 e. The van der Waals surface area contributed by atoms with E-state index in [-0.39, 0.29) is 12.3 Å². The smallest absolute Gasteiger partial charge is 0.227 e. The zero-order valence-electron chi connectivity index (χ0n) is 13.9. The maximum Gasteiger partial charge on any atom is 0.227 e. The summed E-state index contributed by atoms with van der Waals surface area (Å²) in [5.74, 6) is 6.68. The molecule has 0 atom stereocenters. The third-order valence-corrected chi connectivity index (χ3v) is 3.77. The molecule has 5 nitrogen and oxygen atoms in total. The predicted molar refractivity (Wildman–Crippen MR) is 99.4 cm³/mol. The fourth-order valence-electron chi connectivity index (χ4n) is 2.19. The van der Waals surface area contributed by atoms with Crippen LogP contribution in [-0.2, 0) is 11.2 Å². The van der Waals surface area contributed by atoms with Gasteiger partial charge in [-0.15, -0.1) is 0 Å². The Balaban J connectivity index is 1.45. The first-order valence-electron chi connectivity index (χ1n) is 8.10. The lowest BCUT2D eigenvalue weighted by Gasteiger charge is -1.98. The highest BCUT2D eigenvalue weighted by molar-refractivity contribution is 6.30. The summed E-state index contributed by atoms with van der Waals surface area (Å²) in [7, 11) is 0. The van der Waals surface area contributed by atoms with E-state index >= 15 is 0 Å². The lowest BCUT2D eigenvalue weighted by molar-refractivity contribution is -0.120. The van der Waals surface area contributed by atoms with Gasteiger partial charge in [-0.25, -0.2) is 0 Å². The standard InChI is InChI=1S/C20H16ClN3O2/c21-17-10-8-16(9-11-17)20-23-19(26-24-20)13-12-18(25)22-14-4-7-15-5-2-1-3-6-15/h1-3,5-6,8-11H,12-14H2,(H,22,25). The van der Waals surface area contributed by atoms with E-state index in [1.165, 1.54) is 0 Å². The van der Waals surface area contributed by atoms with Crippen molar-refractivity contribution in [2.45, 2.75) is 12.8 Å². The Morgan fingerprint density at radius 1 is 1.12 bits per heavy atom. The second kappa shape index (κ2) is 8.84. The first kappa shape index (κ1) is 17.7. The molecule has 0 aliphatic rings. The van der Waals surface area contributed by atoms with Gasteiger partial charge in [0.15, 0.2) is 0 Å². The van der Waals surface area contributed by atoms with Gasteiger partial charge in [0.2, 0.25) is 17.6 Å². The topological polar surface area (TPSA) is 68.0 Å². The summed E-state index contributed by atoms with van der Waals surface area (Å²) in [5, 5.41) is 7.31. The molecule has 6 heteroatoms. The van der Waals surface area contributed by atoms with E-state index in [1.807, 2.05) is 42.5 Å². The van der Waals surface area contributed by atoms with E-state index < -0.39 is 0 Å². The van der Waals surface area contributed by atoms with Crippen LogP contribution in [0.25, 0.3) is 11.4 Å². The van der Waals surface area contributed by atoms with Crippen molar-refractivity contribution in [2.24, 2.45) is 0 Å². The Labute approximate surface area is 156 Å². The molecule has 2 aromatic carbocycles. The Bertz CT molecular complexity index is 925. The van der Waals surface area contributed by atoms with E-state index in [1.54, 1.807) is 12.1 Å². The van der Waals surface area contributed by atoms with Crippen molar-refractivity contribution in [2.75, 3.05) is 6.54 Å². The highest BCUT2D eigenvalue weighted by atomic mass is 35.5. The van der Waals surface area contributed by atoms with Crippen LogP contribution in [0.15, 0.2) is 59.1 Å². The number of aryl methyl sites for hydroxylation is 1. The first-order valence-corrected chi connectivity index (χ1v) is 8.47. The Morgan fingerprint density at radius 2 is 1.88 bits per heavy atom. The molecule has 1 aromatic heterocycles. The van der Waals surface area contributed by atoms with Gasteiger partial charge in [0.25, 0.3) is 0 Å². The quantitative estimate of drug-likeness (QED) is 0.703. The largest absolute Gasteiger partial charge is 0.345 e. The highest BCUT2D eigenvalue weighted by Crippen LogP contribution is 2.18. The van der Waals surface area contributed by atoms with Gasteiger partial charge in [0.1, 0.15) is 0 Å². The third-order valence-electron chi connectivity index (χ3n) is 3.52. The van der Waals surface area contributed by atoms with Gasteiger partial charge in [-0.05, 0) is 36.4 Å². The van der Waals surface area contributed by atoms with Crippen molar-refractivity contribution in [3.05, 3.63) is 71.1 Å². The molecule has 0 saturated heterocycles. The molecular formula is C20H16ClN3O2. The molecule has 0 aliphatic carbocycles. The number of carbonyl (C=O) groups excluding carboxylic acids is 1. The fourth-order valence-corrected chi connectivity index (χ4v) is 2.32. The van der Waals surface area contributed by atoms with E-state index in [4.69, 9.17) is 16.1 Å². The van der Waals surface area contributed by atoms with Crippen LogP contribution in [0, 0.1) is 11.8 Å². The predicted octanol–water partition coefficient (Wildman–Crippen LogP) is 3.49. The Morgan fingerprint density at radius 3 is 2.65 bits per heavy atom. The lowest BCUT2D eigenvalue weighted by atomic mass is 10.2. The minimum absolute atomic E-state index is 0.112. The molecule has 130 valence electrons. The van der Waals surface area contributed by atoms with Crippen LogP contribution in [0.1, 0.15) is 17.9 Å². The number of nitrogens with zero attached hydrogens (tertiary/aromatic N) is 2. The molecule has 1 amide bonds. The molecule has 0 fully saturated rings. The molecular weight excluding hydrogens is 350 g/mol. The van der Waals surface area contributed by atoms with Gasteiger partial charge in [-0.3, -0.25) is 4.79 Å². The number of carbonyl (C=O) groups is 1. The molecule has 1 N–H and O–H groups in total. The van der Waals surface area contributed by atoms with Crippen molar-refractivity contribution < 1.29 is 9.32 Å². The van der Waals surface area contributed by atoms with E-state index in [0.717, 1.165) is 11.1 Å². The maximum absolute atomic E-state index is 11.9. The zero-order chi connectivity index (χ0) is 18.2. The summed E-state index contributed by atoms with van der Waals surface area (Å²) < 4.78 is 5.18. The van der Waals surface area contributed by atoms with Crippen molar-refractivity contribution >= 4 is 17.5 Å². The van der Waals surface area contributed by atoms with Crippen LogP contribution in [-0.4, -0.2) is 22.6 Å². The minimum atomic E-state index is -0.112. The molecule has 1 heterocycles. The molecule has 3 rings (SSSR count). The fraction of sp³-hybridized carbons (Fsp3) is 0.150. The van der Waals surface area contributed by atoms with Crippen LogP contribution in [0.3, 0.4) is 0 Å². The van der Waals surface area contributed by atoms with Crippen molar-refractivity contribution in [3.63, 3.8) is 0 Å².